The Balaban J connectivity index is 1.90. The molecule has 0 amide bonds. The molecule has 0 aliphatic carbocycles. The van der Waals surface area contributed by atoms with Gasteiger partial charge < -0.3 is 0 Å². The molecule has 0 fully saturated rings. The maximum Gasteiger partial charge on any atom is 0.416 e. The lowest BCUT2D eigenvalue weighted by Crippen LogP contribution is -2.13. The van der Waals surface area contributed by atoms with E-state index in [4.69, 9.17) is 0 Å². The average Bonchev–Trinajstić information content (AvgIpc) is 2.62. The molecule has 30 heavy (non-hydrogen) atoms. The molecule has 2 rings (SSSR count). The van der Waals surface area contributed by atoms with Gasteiger partial charge in [-0.2, -0.15) is 26.3 Å². The van der Waals surface area contributed by atoms with Gasteiger partial charge in [0, 0.05) is 33.4 Å². The maximum atomic E-state index is 13.8. The second-order valence-corrected chi connectivity index (χ2v) is 8.28. The molecule has 0 aliphatic rings. The summed E-state index contributed by atoms with van der Waals surface area (Å²) in [5.74, 6) is -2.10. The van der Waals surface area contributed by atoms with Crippen LogP contribution in [0.4, 0.5) is 35.1 Å². The van der Waals surface area contributed by atoms with E-state index in [9.17, 15) is 39.3 Å². The molecule has 0 aromatic heterocycles. The predicted molar refractivity (Wildman–Crippen MR) is 97.3 cm³/mol. The van der Waals surface area contributed by atoms with Crippen molar-refractivity contribution in [2.45, 2.75) is 38.0 Å². The molecular weight excluding hydrogens is 440 g/mol. The van der Waals surface area contributed by atoms with Gasteiger partial charge in [0.15, 0.2) is 0 Å². The van der Waals surface area contributed by atoms with Gasteiger partial charge in [-0.3, -0.25) is 4.21 Å². The zero-order valence-electron chi connectivity index (χ0n) is 15.5. The topological polar surface area (TPSA) is 17.1 Å². The first-order valence-electron chi connectivity index (χ1n) is 8.95. The lowest BCUT2D eigenvalue weighted by atomic mass is 10.0. The van der Waals surface area contributed by atoms with Crippen LogP contribution in [-0.2, 0) is 36.0 Å². The van der Waals surface area contributed by atoms with Crippen molar-refractivity contribution in [2.75, 3.05) is 11.5 Å². The first kappa shape index (κ1) is 24.3. The van der Waals surface area contributed by atoms with Crippen molar-refractivity contribution in [1.29, 1.82) is 0 Å². The molecule has 10 heteroatoms. The van der Waals surface area contributed by atoms with Crippen molar-refractivity contribution in [3.8, 4) is 0 Å². The van der Waals surface area contributed by atoms with E-state index >= 15 is 0 Å². The number of alkyl halides is 6. The average molecular weight is 458 g/mol. The number of rotatable bonds is 8. The molecule has 0 saturated carbocycles. The van der Waals surface area contributed by atoms with E-state index in [2.05, 4.69) is 0 Å². The summed E-state index contributed by atoms with van der Waals surface area (Å²) in [6, 6.07) is 5.27. The molecule has 0 radical (unpaired) electrons. The third kappa shape index (κ3) is 6.52. The molecular formula is C20H18F8OS. The van der Waals surface area contributed by atoms with Crippen LogP contribution in [0.5, 0.6) is 0 Å². The van der Waals surface area contributed by atoms with Gasteiger partial charge in [0.05, 0.1) is 11.1 Å². The fourth-order valence-electron chi connectivity index (χ4n) is 3.08. The summed E-state index contributed by atoms with van der Waals surface area (Å²) in [5.41, 5.74) is -3.20. The minimum Gasteiger partial charge on any atom is -0.260 e. The first-order chi connectivity index (χ1) is 13.9. The van der Waals surface area contributed by atoms with E-state index in [0.29, 0.717) is 0 Å². The van der Waals surface area contributed by atoms with Crippen LogP contribution in [0, 0.1) is 11.6 Å². The molecule has 2 aromatic rings. The minimum absolute atomic E-state index is 0.00409. The minimum atomic E-state index is -4.72. The van der Waals surface area contributed by atoms with Crippen LogP contribution >= 0.6 is 0 Å². The highest BCUT2D eigenvalue weighted by Gasteiger charge is 2.35. The summed E-state index contributed by atoms with van der Waals surface area (Å²) in [6.07, 6.45) is -9.98. The number of hydrogen-bond acceptors (Lipinski definition) is 1. The van der Waals surface area contributed by atoms with Crippen LogP contribution in [0.15, 0.2) is 36.4 Å². The molecule has 166 valence electrons. The van der Waals surface area contributed by atoms with Crippen LogP contribution < -0.4 is 0 Å². The van der Waals surface area contributed by atoms with E-state index in [1.807, 2.05) is 0 Å². The lowest BCUT2D eigenvalue weighted by molar-refractivity contribution is -0.139. The fraction of sp³-hybridized carbons (Fsp3) is 0.400. The maximum absolute atomic E-state index is 13.8. The second kappa shape index (κ2) is 9.89. The third-order valence-corrected chi connectivity index (χ3v) is 5.93. The SMILES string of the molecule is O=S(CCCc1c(F)cccc1C(F)(F)F)CCCc1c(F)cccc1C(F)(F)F. The predicted octanol–water partition coefficient (Wildman–Crippen LogP) is 6.32. The van der Waals surface area contributed by atoms with Crippen molar-refractivity contribution < 1.29 is 39.3 Å². The van der Waals surface area contributed by atoms with Crippen LogP contribution in [0.2, 0.25) is 0 Å². The smallest absolute Gasteiger partial charge is 0.260 e. The fourth-order valence-corrected chi connectivity index (χ4v) is 4.22. The Morgan fingerprint density at radius 2 is 1.03 bits per heavy atom. The molecule has 0 unspecified atom stereocenters. The zero-order chi connectivity index (χ0) is 22.5. The Morgan fingerprint density at radius 3 is 1.37 bits per heavy atom. The monoisotopic (exact) mass is 458 g/mol. The summed E-state index contributed by atoms with van der Waals surface area (Å²) in [4.78, 5) is 0. The molecule has 0 atom stereocenters. The van der Waals surface area contributed by atoms with E-state index in [0.717, 1.165) is 36.4 Å². The van der Waals surface area contributed by atoms with Gasteiger partial charge in [-0.05, 0) is 49.9 Å². The summed E-state index contributed by atoms with van der Waals surface area (Å²) in [6.45, 7) is 0. The van der Waals surface area contributed by atoms with Crippen LogP contribution in [0.1, 0.15) is 35.1 Å². The molecule has 0 spiro atoms. The van der Waals surface area contributed by atoms with E-state index in [1.165, 1.54) is 0 Å². The second-order valence-electron chi connectivity index (χ2n) is 6.58. The standard InChI is InChI=1S/C20H18F8OS/c21-17-9-1-7-15(19(23,24)25)13(17)5-3-11-30(29)12-4-6-14-16(20(26,27)28)8-2-10-18(14)22/h1-2,7-10H,3-6,11-12H2. The highest BCUT2D eigenvalue weighted by atomic mass is 32.2. The zero-order valence-corrected chi connectivity index (χ0v) is 16.4. The molecule has 0 bridgehead atoms. The summed E-state index contributed by atoms with van der Waals surface area (Å²) >= 11 is 0. The number of halogens is 8. The lowest BCUT2D eigenvalue weighted by Gasteiger charge is -2.14. The Hall–Kier alpha value is -1.97. The van der Waals surface area contributed by atoms with Crippen LogP contribution in [-0.4, -0.2) is 15.7 Å². The quantitative estimate of drug-likeness (QED) is 0.424. The Morgan fingerprint density at radius 1 is 0.667 bits per heavy atom. The summed E-state index contributed by atoms with van der Waals surface area (Å²) in [5, 5.41) is 0. The summed E-state index contributed by atoms with van der Waals surface area (Å²) < 4.78 is 117. The van der Waals surface area contributed by atoms with E-state index < -0.39 is 57.0 Å². The van der Waals surface area contributed by atoms with Crippen molar-refractivity contribution >= 4 is 10.8 Å². The highest BCUT2D eigenvalue weighted by molar-refractivity contribution is 7.84. The largest absolute Gasteiger partial charge is 0.416 e. The molecule has 1 nitrogen and oxygen atoms in total. The molecule has 0 N–H and O–H groups in total. The summed E-state index contributed by atoms with van der Waals surface area (Å²) in [7, 11) is -1.54. The Bertz CT molecular complexity index is 818. The highest BCUT2D eigenvalue weighted by Crippen LogP contribution is 2.34. The number of hydrogen-bond donors (Lipinski definition) is 0. The van der Waals surface area contributed by atoms with Crippen LogP contribution in [0.3, 0.4) is 0 Å². The first-order valence-corrected chi connectivity index (χ1v) is 10.4. The molecule has 0 heterocycles. The normalized spacial score (nSPS) is 12.6. The van der Waals surface area contributed by atoms with Gasteiger partial charge in [-0.25, -0.2) is 8.78 Å². The third-order valence-electron chi connectivity index (χ3n) is 4.45. The van der Waals surface area contributed by atoms with Crippen molar-refractivity contribution in [3.05, 3.63) is 70.3 Å². The molecule has 0 saturated heterocycles. The van der Waals surface area contributed by atoms with Crippen molar-refractivity contribution in [2.24, 2.45) is 0 Å². The van der Waals surface area contributed by atoms with Gasteiger partial charge in [0.1, 0.15) is 11.6 Å². The Kier molecular flexibility index (Phi) is 8.01. The van der Waals surface area contributed by atoms with Crippen LogP contribution in [0.25, 0.3) is 0 Å². The van der Waals surface area contributed by atoms with Gasteiger partial charge in [0.2, 0.25) is 0 Å². The van der Waals surface area contributed by atoms with E-state index in [-0.39, 0.29) is 37.2 Å². The van der Waals surface area contributed by atoms with Gasteiger partial charge in [0.25, 0.3) is 0 Å². The van der Waals surface area contributed by atoms with Crippen molar-refractivity contribution in [3.63, 3.8) is 0 Å². The number of benzene rings is 2. The van der Waals surface area contributed by atoms with Crippen molar-refractivity contribution in [1.82, 2.24) is 0 Å². The van der Waals surface area contributed by atoms with Gasteiger partial charge >= 0.3 is 12.4 Å². The van der Waals surface area contributed by atoms with Gasteiger partial charge in [-0.15, -0.1) is 0 Å². The van der Waals surface area contributed by atoms with Gasteiger partial charge in [-0.1, -0.05) is 12.1 Å². The molecule has 2 aromatic carbocycles. The van der Waals surface area contributed by atoms with E-state index in [1.54, 1.807) is 0 Å². The Labute approximate surface area is 170 Å². The molecule has 0 aliphatic heterocycles.